The lowest BCUT2D eigenvalue weighted by atomic mass is 10.0. The van der Waals surface area contributed by atoms with Crippen LogP contribution in [0.1, 0.15) is 27.5 Å². The van der Waals surface area contributed by atoms with Crippen molar-refractivity contribution in [3.8, 4) is 0 Å². The Hall–Kier alpha value is -3.65. The predicted octanol–water partition coefficient (Wildman–Crippen LogP) is 4.22. The quantitative estimate of drug-likeness (QED) is 0.580. The molecule has 0 saturated heterocycles. The molecule has 9 heteroatoms. The first-order valence-corrected chi connectivity index (χ1v) is 9.34. The molecule has 4 rings (SSSR count). The van der Waals surface area contributed by atoms with Crippen molar-refractivity contribution in [3.63, 3.8) is 0 Å². The third-order valence-electron chi connectivity index (χ3n) is 4.75. The number of anilines is 2. The van der Waals surface area contributed by atoms with Gasteiger partial charge in [0.25, 0.3) is 5.91 Å². The van der Waals surface area contributed by atoms with Gasteiger partial charge in [0.15, 0.2) is 0 Å². The van der Waals surface area contributed by atoms with Crippen molar-refractivity contribution in [2.75, 3.05) is 10.6 Å². The number of hydrogen-bond acceptors (Lipinski definition) is 4. The van der Waals surface area contributed by atoms with E-state index in [1.54, 1.807) is 30.3 Å². The Labute approximate surface area is 175 Å². The number of carbonyl (C=O) groups is 2. The zero-order chi connectivity index (χ0) is 21.4. The molecule has 0 saturated carbocycles. The van der Waals surface area contributed by atoms with E-state index in [1.165, 1.54) is 29.1 Å². The number of carboxylic acid groups (broad SMARTS) is 1. The van der Waals surface area contributed by atoms with Gasteiger partial charge in [-0.1, -0.05) is 29.8 Å². The molecule has 0 fully saturated rings. The van der Waals surface area contributed by atoms with Gasteiger partial charge in [-0.2, -0.15) is 5.10 Å². The monoisotopic (exact) mass is 426 g/mol. The molecule has 30 heavy (non-hydrogen) atoms. The van der Waals surface area contributed by atoms with Crippen molar-refractivity contribution in [1.29, 1.82) is 0 Å². The molecule has 2 heterocycles. The van der Waals surface area contributed by atoms with Crippen LogP contribution < -0.4 is 10.6 Å². The fraction of sp³-hybridized carbons (Fsp3) is 0.0952. The van der Waals surface area contributed by atoms with Crippen LogP contribution in [0.4, 0.5) is 15.9 Å². The number of halogens is 2. The average molecular weight is 427 g/mol. The van der Waals surface area contributed by atoms with E-state index in [0.717, 1.165) is 5.56 Å². The molecule has 7 nitrogen and oxygen atoms in total. The number of benzene rings is 2. The van der Waals surface area contributed by atoms with E-state index in [-0.39, 0.29) is 17.1 Å². The molecule has 0 spiro atoms. The van der Waals surface area contributed by atoms with Gasteiger partial charge >= 0.3 is 5.97 Å². The number of fused-ring (bicyclic) bond motifs is 1. The van der Waals surface area contributed by atoms with Crippen molar-refractivity contribution in [2.24, 2.45) is 0 Å². The Kier molecular flexibility index (Phi) is 5.01. The van der Waals surface area contributed by atoms with E-state index in [4.69, 9.17) is 11.6 Å². The molecular weight excluding hydrogens is 411 g/mol. The van der Waals surface area contributed by atoms with Crippen molar-refractivity contribution >= 4 is 35.0 Å². The van der Waals surface area contributed by atoms with Gasteiger partial charge in [0, 0.05) is 10.7 Å². The fourth-order valence-corrected chi connectivity index (χ4v) is 3.33. The molecule has 1 aliphatic rings. The van der Waals surface area contributed by atoms with E-state index in [0.29, 0.717) is 16.3 Å². The van der Waals surface area contributed by atoms with Gasteiger partial charge in [-0.25, -0.2) is 13.9 Å². The number of nitrogens with zero attached hydrogens (tertiary/aromatic N) is 2. The largest absolute Gasteiger partial charge is 0.477 e. The Balaban J connectivity index is 1.70. The van der Waals surface area contributed by atoms with Gasteiger partial charge < -0.3 is 15.7 Å². The molecule has 0 aliphatic carbocycles. The highest BCUT2D eigenvalue weighted by Crippen LogP contribution is 2.32. The van der Waals surface area contributed by atoms with Crippen LogP contribution in [-0.4, -0.2) is 26.8 Å². The predicted molar refractivity (Wildman–Crippen MR) is 110 cm³/mol. The maximum Gasteiger partial charge on any atom is 0.352 e. The number of hydrogen-bond donors (Lipinski definition) is 3. The molecule has 0 unspecified atom stereocenters. The van der Waals surface area contributed by atoms with Gasteiger partial charge in [0.2, 0.25) is 0 Å². The number of allylic oxidation sites excluding steroid dienone is 1. The zero-order valence-electron chi connectivity index (χ0n) is 15.7. The first-order chi connectivity index (χ1) is 14.3. The summed E-state index contributed by atoms with van der Waals surface area (Å²) in [7, 11) is 0. The SMILES string of the molecule is Cc1ccc(NC(=O)c2cnn3c2NC(C(=O)O)=C[C@@H]3c2ccc(F)cc2)cc1Cl. The summed E-state index contributed by atoms with van der Waals surface area (Å²) >= 11 is 6.11. The van der Waals surface area contributed by atoms with Gasteiger partial charge in [0.05, 0.1) is 12.2 Å². The van der Waals surface area contributed by atoms with Gasteiger partial charge in [-0.15, -0.1) is 0 Å². The summed E-state index contributed by atoms with van der Waals surface area (Å²) in [5.74, 6) is -1.85. The lowest BCUT2D eigenvalue weighted by Crippen LogP contribution is -2.25. The second kappa shape index (κ2) is 7.64. The Bertz CT molecular complexity index is 1190. The van der Waals surface area contributed by atoms with Gasteiger partial charge in [-0.05, 0) is 48.4 Å². The molecule has 1 aromatic heterocycles. The molecule has 152 valence electrons. The van der Waals surface area contributed by atoms with E-state index < -0.39 is 23.7 Å². The molecular formula is C21H16ClFN4O3. The second-order valence-electron chi connectivity index (χ2n) is 6.78. The maximum atomic E-state index is 13.3. The van der Waals surface area contributed by atoms with Crippen LogP contribution in [-0.2, 0) is 4.79 Å². The lowest BCUT2D eigenvalue weighted by molar-refractivity contribution is -0.132. The smallest absolute Gasteiger partial charge is 0.352 e. The average Bonchev–Trinajstić information content (AvgIpc) is 3.15. The van der Waals surface area contributed by atoms with Crippen LogP contribution in [0.15, 0.2) is 60.4 Å². The van der Waals surface area contributed by atoms with Crippen LogP contribution >= 0.6 is 11.6 Å². The Morgan fingerprint density at radius 3 is 2.63 bits per heavy atom. The van der Waals surface area contributed by atoms with Crippen molar-refractivity contribution in [2.45, 2.75) is 13.0 Å². The Morgan fingerprint density at radius 2 is 1.97 bits per heavy atom. The number of aromatic nitrogens is 2. The summed E-state index contributed by atoms with van der Waals surface area (Å²) in [6, 6.07) is 10.1. The van der Waals surface area contributed by atoms with Crippen molar-refractivity contribution in [3.05, 3.63) is 88.0 Å². The summed E-state index contributed by atoms with van der Waals surface area (Å²) in [4.78, 5) is 24.5. The highest BCUT2D eigenvalue weighted by Gasteiger charge is 2.29. The number of rotatable bonds is 4. The molecule has 2 aromatic carbocycles. The number of carbonyl (C=O) groups excluding carboxylic acids is 1. The van der Waals surface area contributed by atoms with Crippen LogP contribution in [0.2, 0.25) is 5.02 Å². The van der Waals surface area contributed by atoms with E-state index in [1.807, 2.05) is 6.92 Å². The summed E-state index contributed by atoms with van der Waals surface area (Å²) < 4.78 is 14.8. The molecule has 1 amide bonds. The number of nitrogens with one attached hydrogen (secondary N) is 2. The number of aliphatic carboxylic acids is 1. The zero-order valence-corrected chi connectivity index (χ0v) is 16.4. The fourth-order valence-electron chi connectivity index (χ4n) is 3.15. The number of aryl methyl sites for hydroxylation is 1. The first kappa shape index (κ1) is 19.7. The van der Waals surface area contributed by atoms with Crippen molar-refractivity contribution < 1.29 is 19.1 Å². The molecule has 3 aromatic rings. The van der Waals surface area contributed by atoms with Gasteiger partial charge in [-0.3, -0.25) is 4.79 Å². The highest BCUT2D eigenvalue weighted by atomic mass is 35.5. The molecule has 0 radical (unpaired) electrons. The van der Waals surface area contributed by atoms with Crippen LogP contribution in [0, 0.1) is 12.7 Å². The minimum atomic E-state index is -1.19. The number of carboxylic acids is 1. The molecule has 1 atom stereocenters. The first-order valence-electron chi connectivity index (χ1n) is 8.96. The summed E-state index contributed by atoms with van der Waals surface area (Å²) in [6.07, 6.45) is 2.81. The van der Waals surface area contributed by atoms with Crippen LogP contribution in [0.3, 0.4) is 0 Å². The minimum absolute atomic E-state index is 0.107. The third kappa shape index (κ3) is 3.65. The molecule has 3 N–H and O–H groups in total. The van der Waals surface area contributed by atoms with Crippen molar-refractivity contribution in [1.82, 2.24) is 9.78 Å². The highest BCUT2D eigenvalue weighted by molar-refractivity contribution is 6.31. The molecule has 1 aliphatic heterocycles. The third-order valence-corrected chi connectivity index (χ3v) is 5.16. The number of amides is 1. The van der Waals surface area contributed by atoms with Crippen LogP contribution in [0.5, 0.6) is 0 Å². The summed E-state index contributed by atoms with van der Waals surface area (Å²) in [5.41, 5.74) is 2.04. The van der Waals surface area contributed by atoms with Gasteiger partial charge in [0.1, 0.15) is 22.9 Å². The summed E-state index contributed by atoms with van der Waals surface area (Å²) in [5, 5.41) is 19.7. The normalized spacial score (nSPS) is 15.0. The lowest BCUT2D eigenvalue weighted by Gasteiger charge is -2.24. The van der Waals surface area contributed by atoms with E-state index in [9.17, 15) is 19.1 Å². The maximum absolute atomic E-state index is 13.3. The van der Waals surface area contributed by atoms with E-state index >= 15 is 0 Å². The standard InChI is InChI=1S/C21H16ClFN4O3/c1-11-2-7-14(8-16(11)22)25-20(28)15-10-24-27-18(12-3-5-13(23)6-4-12)9-17(21(29)30)26-19(15)27/h2-10,18,26H,1H3,(H,25,28)(H,29,30)/t18-/m1/s1. The van der Waals surface area contributed by atoms with Crippen LogP contribution in [0.25, 0.3) is 0 Å². The minimum Gasteiger partial charge on any atom is -0.477 e. The topological polar surface area (TPSA) is 96.3 Å². The Morgan fingerprint density at radius 1 is 1.23 bits per heavy atom. The summed E-state index contributed by atoms with van der Waals surface area (Å²) in [6.45, 7) is 1.85. The second-order valence-corrected chi connectivity index (χ2v) is 7.18. The van der Waals surface area contributed by atoms with E-state index in [2.05, 4.69) is 15.7 Å². The molecule has 0 bridgehead atoms.